The van der Waals surface area contributed by atoms with E-state index < -0.39 is 0 Å². The zero-order valence-electron chi connectivity index (χ0n) is 17.6. The number of rotatable bonds is 9. The highest BCUT2D eigenvalue weighted by Gasteiger charge is 2.20. The molecule has 30 heavy (non-hydrogen) atoms. The number of aromatic nitrogens is 1. The summed E-state index contributed by atoms with van der Waals surface area (Å²) in [5, 5.41) is 0. The molecule has 0 aliphatic carbocycles. The number of ketones is 1. The van der Waals surface area contributed by atoms with Gasteiger partial charge in [-0.1, -0.05) is 35.9 Å². The number of hydrogen-bond donors (Lipinski definition) is 0. The number of methoxy groups -OCH3 is 3. The molecule has 2 aromatic carbocycles. The number of ether oxygens (including phenoxy) is 4. The van der Waals surface area contributed by atoms with Crippen molar-refractivity contribution in [2.75, 3.05) is 34.5 Å². The molecule has 0 amide bonds. The molecule has 0 radical (unpaired) electrons. The van der Waals surface area contributed by atoms with Crippen LogP contribution in [-0.4, -0.2) is 45.3 Å². The Hall–Kier alpha value is -3.38. The molecule has 3 aromatic rings. The van der Waals surface area contributed by atoms with E-state index >= 15 is 0 Å². The van der Waals surface area contributed by atoms with Crippen LogP contribution < -0.4 is 14.2 Å². The Morgan fingerprint density at radius 3 is 2.17 bits per heavy atom. The summed E-state index contributed by atoms with van der Waals surface area (Å²) in [6, 6.07) is 16.7. The van der Waals surface area contributed by atoms with Gasteiger partial charge in [0.25, 0.3) is 0 Å². The van der Waals surface area contributed by atoms with Crippen molar-refractivity contribution in [3.63, 3.8) is 0 Å². The highest BCUT2D eigenvalue weighted by atomic mass is 16.6. The standard InChI is InChI=1S/C24H25NO5/c1-16-8-10-17(11-9-16)19-6-5-7-20(25-19)23(26)18-14-21(28-3)24(22(15-18)29-4)30-13-12-27-2/h5-11,14-15H,12-13H2,1-4H3. The monoisotopic (exact) mass is 407 g/mol. The summed E-state index contributed by atoms with van der Waals surface area (Å²) in [7, 11) is 4.63. The average molecular weight is 407 g/mol. The van der Waals surface area contributed by atoms with E-state index in [0.29, 0.717) is 41.7 Å². The lowest BCUT2D eigenvalue weighted by Gasteiger charge is -2.15. The van der Waals surface area contributed by atoms with Gasteiger partial charge in [-0.15, -0.1) is 0 Å². The van der Waals surface area contributed by atoms with Crippen molar-refractivity contribution in [1.29, 1.82) is 0 Å². The van der Waals surface area contributed by atoms with Crippen LogP contribution in [0.2, 0.25) is 0 Å². The van der Waals surface area contributed by atoms with Gasteiger partial charge in [-0.2, -0.15) is 0 Å². The lowest BCUT2D eigenvalue weighted by atomic mass is 10.0. The molecule has 0 saturated heterocycles. The highest BCUT2D eigenvalue weighted by molar-refractivity contribution is 6.08. The van der Waals surface area contributed by atoms with Gasteiger partial charge >= 0.3 is 0 Å². The Balaban J connectivity index is 1.94. The zero-order chi connectivity index (χ0) is 21.5. The predicted octanol–water partition coefficient (Wildman–Crippen LogP) is 4.33. The first-order chi connectivity index (χ1) is 14.6. The van der Waals surface area contributed by atoms with E-state index in [0.717, 1.165) is 16.8 Å². The third-order valence-corrected chi connectivity index (χ3v) is 4.59. The molecule has 0 unspecified atom stereocenters. The van der Waals surface area contributed by atoms with Gasteiger partial charge in [0.1, 0.15) is 12.3 Å². The molecule has 0 atom stereocenters. The molecule has 1 aromatic heterocycles. The molecule has 0 saturated carbocycles. The van der Waals surface area contributed by atoms with Crippen LogP contribution in [0.15, 0.2) is 54.6 Å². The van der Waals surface area contributed by atoms with Gasteiger partial charge in [0.2, 0.25) is 11.5 Å². The van der Waals surface area contributed by atoms with Crippen molar-refractivity contribution in [2.24, 2.45) is 0 Å². The molecule has 0 spiro atoms. The molecule has 6 nitrogen and oxygen atoms in total. The number of benzene rings is 2. The maximum atomic E-state index is 13.2. The number of hydrogen-bond acceptors (Lipinski definition) is 6. The van der Waals surface area contributed by atoms with Crippen molar-refractivity contribution in [3.8, 4) is 28.5 Å². The van der Waals surface area contributed by atoms with Crippen molar-refractivity contribution in [1.82, 2.24) is 4.98 Å². The minimum absolute atomic E-state index is 0.232. The minimum atomic E-state index is -0.232. The average Bonchev–Trinajstić information content (AvgIpc) is 2.79. The van der Waals surface area contributed by atoms with Crippen LogP contribution >= 0.6 is 0 Å². The first-order valence-electron chi connectivity index (χ1n) is 9.54. The summed E-state index contributed by atoms with van der Waals surface area (Å²) in [6.07, 6.45) is 0. The maximum absolute atomic E-state index is 13.2. The Kier molecular flexibility index (Phi) is 7.03. The van der Waals surface area contributed by atoms with Crippen LogP contribution in [0.4, 0.5) is 0 Å². The van der Waals surface area contributed by atoms with E-state index in [4.69, 9.17) is 18.9 Å². The molecular weight excluding hydrogens is 382 g/mol. The van der Waals surface area contributed by atoms with Crippen molar-refractivity contribution < 1.29 is 23.7 Å². The lowest BCUT2D eigenvalue weighted by Crippen LogP contribution is -2.09. The van der Waals surface area contributed by atoms with E-state index in [2.05, 4.69) is 4.98 Å². The number of pyridine rings is 1. The first kappa shape index (κ1) is 21.3. The van der Waals surface area contributed by atoms with Gasteiger partial charge in [0.05, 0.1) is 26.5 Å². The summed E-state index contributed by atoms with van der Waals surface area (Å²) >= 11 is 0. The van der Waals surface area contributed by atoms with E-state index in [1.54, 1.807) is 25.3 Å². The van der Waals surface area contributed by atoms with Crippen LogP contribution in [0.25, 0.3) is 11.3 Å². The quantitative estimate of drug-likeness (QED) is 0.389. The second-order valence-electron chi connectivity index (χ2n) is 6.65. The highest BCUT2D eigenvalue weighted by Crippen LogP contribution is 2.39. The molecular formula is C24H25NO5. The summed E-state index contributed by atoms with van der Waals surface area (Å²) in [6.45, 7) is 2.78. The Bertz CT molecular complexity index is 989. The normalized spacial score (nSPS) is 10.5. The third-order valence-electron chi connectivity index (χ3n) is 4.59. The second-order valence-corrected chi connectivity index (χ2v) is 6.65. The van der Waals surface area contributed by atoms with Gasteiger partial charge in [-0.05, 0) is 31.2 Å². The number of carbonyl (C=O) groups excluding carboxylic acids is 1. The molecule has 0 N–H and O–H groups in total. The lowest BCUT2D eigenvalue weighted by molar-refractivity contribution is 0.103. The third kappa shape index (κ3) is 4.78. The first-order valence-corrected chi connectivity index (χ1v) is 9.54. The predicted molar refractivity (Wildman–Crippen MR) is 115 cm³/mol. The molecule has 1 heterocycles. The largest absolute Gasteiger partial charge is 0.493 e. The number of nitrogens with zero attached hydrogens (tertiary/aromatic N) is 1. The van der Waals surface area contributed by atoms with E-state index in [1.165, 1.54) is 14.2 Å². The second kappa shape index (κ2) is 9.89. The number of carbonyl (C=O) groups is 1. The molecule has 0 fully saturated rings. The molecule has 6 heteroatoms. The summed E-state index contributed by atoms with van der Waals surface area (Å²) in [4.78, 5) is 17.7. The van der Waals surface area contributed by atoms with E-state index in [1.807, 2.05) is 43.3 Å². The molecule has 3 rings (SSSR count). The van der Waals surface area contributed by atoms with Crippen molar-refractivity contribution >= 4 is 5.78 Å². The minimum Gasteiger partial charge on any atom is -0.493 e. The molecule has 0 aliphatic heterocycles. The molecule has 0 aliphatic rings. The van der Waals surface area contributed by atoms with Crippen molar-refractivity contribution in [2.45, 2.75) is 6.92 Å². The zero-order valence-corrected chi connectivity index (χ0v) is 17.6. The summed E-state index contributed by atoms with van der Waals surface area (Å²) in [5.74, 6) is 1.01. The van der Waals surface area contributed by atoms with Gasteiger partial charge in [0.15, 0.2) is 11.5 Å². The number of aryl methyl sites for hydroxylation is 1. The van der Waals surface area contributed by atoms with Crippen molar-refractivity contribution in [3.05, 3.63) is 71.4 Å². The van der Waals surface area contributed by atoms with Crippen LogP contribution in [0.5, 0.6) is 17.2 Å². The fraction of sp³-hybridized carbons (Fsp3) is 0.250. The van der Waals surface area contributed by atoms with Gasteiger partial charge in [-0.3, -0.25) is 4.79 Å². The molecule has 156 valence electrons. The van der Waals surface area contributed by atoms with E-state index in [9.17, 15) is 4.79 Å². The fourth-order valence-corrected chi connectivity index (χ4v) is 2.97. The van der Waals surface area contributed by atoms with Crippen LogP contribution in [0.3, 0.4) is 0 Å². The van der Waals surface area contributed by atoms with Crippen LogP contribution in [0, 0.1) is 6.92 Å². The Labute approximate surface area is 176 Å². The van der Waals surface area contributed by atoms with Gasteiger partial charge in [0, 0.05) is 18.2 Å². The summed E-state index contributed by atoms with van der Waals surface area (Å²) < 4.78 is 21.6. The SMILES string of the molecule is COCCOc1c(OC)cc(C(=O)c2cccc(-c3ccc(C)cc3)n2)cc1OC. The Morgan fingerprint density at radius 1 is 0.900 bits per heavy atom. The fourth-order valence-electron chi connectivity index (χ4n) is 2.97. The van der Waals surface area contributed by atoms with Gasteiger partial charge < -0.3 is 18.9 Å². The Morgan fingerprint density at radius 2 is 1.57 bits per heavy atom. The topological polar surface area (TPSA) is 66.9 Å². The smallest absolute Gasteiger partial charge is 0.211 e. The van der Waals surface area contributed by atoms with E-state index in [-0.39, 0.29) is 5.78 Å². The van der Waals surface area contributed by atoms with Crippen LogP contribution in [0.1, 0.15) is 21.6 Å². The van der Waals surface area contributed by atoms with Gasteiger partial charge in [-0.25, -0.2) is 4.98 Å². The maximum Gasteiger partial charge on any atom is 0.211 e. The summed E-state index contributed by atoms with van der Waals surface area (Å²) in [5.41, 5.74) is 3.59. The molecule has 0 bridgehead atoms. The van der Waals surface area contributed by atoms with Crippen LogP contribution in [-0.2, 0) is 4.74 Å².